The van der Waals surface area contributed by atoms with Gasteiger partial charge in [-0.3, -0.25) is 9.59 Å². The van der Waals surface area contributed by atoms with Crippen LogP contribution in [0.25, 0.3) is 0 Å². The summed E-state index contributed by atoms with van der Waals surface area (Å²) in [4.78, 5) is 25.4. The SMILES string of the molecule is O=C(Nc1ccc2c(c1)OCCO2)C1CCC(CNC(=O)[C@@H]2Cc3ccccc3CN2)CC1. The molecular weight excluding hydrogens is 418 g/mol. The van der Waals surface area contributed by atoms with Gasteiger partial charge >= 0.3 is 0 Å². The van der Waals surface area contributed by atoms with E-state index in [2.05, 4.69) is 28.1 Å². The maximum Gasteiger partial charge on any atom is 0.237 e. The first-order valence-corrected chi connectivity index (χ1v) is 11.9. The maximum atomic E-state index is 12.8. The molecule has 7 nitrogen and oxygen atoms in total. The molecule has 0 aromatic heterocycles. The fourth-order valence-electron chi connectivity index (χ4n) is 5.00. The topological polar surface area (TPSA) is 88.7 Å². The van der Waals surface area contributed by atoms with E-state index in [1.807, 2.05) is 30.3 Å². The van der Waals surface area contributed by atoms with Crippen LogP contribution in [0.1, 0.15) is 36.8 Å². The summed E-state index contributed by atoms with van der Waals surface area (Å²) < 4.78 is 11.1. The third kappa shape index (κ3) is 5.14. The van der Waals surface area contributed by atoms with Crippen molar-refractivity contribution >= 4 is 17.5 Å². The Morgan fingerprint density at radius 1 is 0.909 bits per heavy atom. The zero-order valence-corrected chi connectivity index (χ0v) is 18.8. The number of fused-ring (bicyclic) bond motifs is 2. The number of amides is 2. The second kappa shape index (κ2) is 9.83. The van der Waals surface area contributed by atoms with Crippen molar-refractivity contribution in [3.8, 4) is 11.5 Å². The highest BCUT2D eigenvalue weighted by molar-refractivity contribution is 5.93. The first-order valence-electron chi connectivity index (χ1n) is 11.9. The van der Waals surface area contributed by atoms with E-state index in [-0.39, 0.29) is 23.8 Å². The molecule has 3 N–H and O–H groups in total. The van der Waals surface area contributed by atoms with Crippen LogP contribution >= 0.6 is 0 Å². The molecule has 2 amide bonds. The van der Waals surface area contributed by atoms with Crippen LogP contribution in [0.5, 0.6) is 11.5 Å². The highest BCUT2D eigenvalue weighted by Crippen LogP contribution is 2.34. The van der Waals surface area contributed by atoms with Crippen molar-refractivity contribution in [1.82, 2.24) is 10.6 Å². The first kappa shape index (κ1) is 21.8. The summed E-state index contributed by atoms with van der Waals surface area (Å²) in [5.74, 6) is 1.94. The molecule has 0 bridgehead atoms. The molecule has 7 heteroatoms. The lowest BCUT2D eigenvalue weighted by atomic mass is 9.81. The van der Waals surface area contributed by atoms with Crippen LogP contribution in [0.4, 0.5) is 5.69 Å². The summed E-state index contributed by atoms with van der Waals surface area (Å²) >= 11 is 0. The molecule has 0 unspecified atom stereocenters. The molecular formula is C26H31N3O4. The van der Waals surface area contributed by atoms with Crippen molar-refractivity contribution in [2.75, 3.05) is 25.1 Å². The summed E-state index contributed by atoms with van der Waals surface area (Å²) in [6, 6.07) is 13.6. The van der Waals surface area contributed by atoms with Gasteiger partial charge in [0, 0.05) is 30.8 Å². The van der Waals surface area contributed by atoms with Gasteiger partial charge in [-0.25, -0.2) is 0 Å². The molecule has 1 atom stereocenters. The zero-order chi connectivity index (χ0) is 22.6. The Morgan fingerprint density at radius 2 is 1.67 bits per heavy atom. The van der Waals surface area contributed by atoms with Crippen LogP contribution in [0.3, 0.4) is 0 Å². The number of rotatable bonds is 5. The first-order chi connectivity index (χ1) is 16.2. The highest BCUT2D eigenvalue weighted by Gasteiger charge is 2.28. The Balaban J connectivity index is 1.05. The smallest absolute Gasteiger partial charge is 0.237 e. The molecule has 2 heterocycles. The number of nitrogens with one attached hydrogen (secondary N) is 3. The quantitative estimate of drug-likeness (QED) is 0.653. The lowest BCUT2D eigenvalue weighted by Gasteiger charge is -2.29. The Bertz CT molecular complexity index is 1020. The number of benzene rings is 2. The Labute approximate surface area is 194 Å². The summed E-state index contributed by atoms with van der Waals surface area (Å²) in [5, 5.41) is 9.51. The van der Waals surface area contributed by atoms with Gasteiger partial charge in [0.15, 0.2) is 11.5 Å². The fourth-order valence-corrected chi connectivity index (χ4v) is 5.00. The molecule has 1 saturated carbocycles. The number of carbonyl (C=O) groups is 2. The van der Waals surface area contributed by atoms with Gasteiger partial charge in [-0.2, -0.15) is 0 Å². The van der Waals surface area contributed by atoms with Crippen LogP contribution in [0.2, 0.25) is 0 Å². The van der Waals surface area contributed by atoms with Crippen molar-refractivity contribution in [2.45, 2.75) is 44.7 Å². The maximum absolute atomic E-state index is 12.8. The molecule has 1 fully saturated rings. The Hall–Kier alpha value is -3.06. The number of hydrogen-bond donors (Lipinski definition) is 3. The van der Waals surface area contributed by atoms with Gasteiger partial charge in [-0.15, -0.1) is 0 Å². The van der Waals surface area contributed by atoms with E-state index in [9.17, 15) is 9.59 Å². The second-order valence-corrected chi connectivity index (χ2v) is 9.22. The van der Waals surface area contributed by atoms with Crippen molar-refractivity contribution in [2.24, 2.45) is 11.8 Å². The van der Waals surface area contributed by atoms with E-state index in [0.717, 1.165) is 50.1 Å². The predicted octanol–water partition coefficient (Wildman–Crippen LogP) is 3.03. The van der Waals surface area contributed by atoms with Gasteiger partial charge in [-0.05, 0) is 61.3 Å². The zero-order valence-electron chi connectivity index (χ0n) is 18.8. The van der Waals surface area contributed by atoms with Gasteiger partial charge in [0.2, 0.25) is 11.8 Å². The molecule has 3 aliphatic rings. The average molecular weight is 450 g/mol. The number of carbonyl (C=O) groups excluding carboxylic acids is 2. The molecule has 2 aromatic rings. The van der Waals surface area contributed by atoms with E-state index < -0.39 is 0 Å². The van der Waals surface area contributed by atoms with Crippen LogP contribution in [-0.4, -0.2) is 37.6 Å². The molecule has 2 aromatic carbocycles. The van der Waals surface area contributed by atoms with Crippen molar-refractivity contribution in [3.05, 3.63) is 53.6 Å². The number of hydrogen-bond acceptors (Lipinski definition) is 5. The Kier molecular flexibility index (Phi) is 6.48. The molecule has 0 saturated heterocycles. The van der Waals surface area contributed by atoms with Gasteiger partial charge in [0.1, 0.15) is 13.2 Å². The van der Waals surface area contributed by atoms with E-state index in [1.165, 1.54) is 11.1 Å². The van der Waals surface area contributed by atoms with Crippen LogP contribution < -0.4 is 25.4 Å². The average Bonchev–Trinajstić information content (AvgIpc) is 2.87. The molecule has 2 aliphatic heterocycles. The molecule has 174 valence electrons. The van der Waals surface area contributed by atoms with Crippen LogP contribution in [0, 0.1) is 11.8 Å². The third-order valence-corrected chi connectivity index (χ3v) is 6.99. The van der Waals surface area contributed by atoms with E-state index in [0.29, 0.717) is 31.4 Å². The van der Waals surface area contributed by atoms with Crippen LogP contribution in [-0.2, 0) is 22.6 Å². The van der Waals surface area contributed by atoms with Gasteiger partial charge in [0.25, 0.3) is 0 Å². The lowest BCUT2D eigenvalue weighted by molar-refractivity contribution is -0.124. The highest BCUT2D eigenvalue weighted by atomic mass is 16.6. The van der Waals surface area contributed by atoms with E-state index in [4.69, 9.17) is 9.47 Å². The molecule has 5 rings (SSSR count). The minimum Gasteiger partial charge on any atom is -0.486 e. The second-order valence-electron chi connectivity index (χ2n) is 9.22. The fraction of sp³-hybridized carbons (Fsp3) is 0.462. The molecule has 1 aliphatic carbocycles. The van der Waals surface area contributed by atoms with Crippen LogP contribution in [0.15, 0.2) is 42.5 Å². The molecule has 33 heavy (non-hydrogen) atoms. The molecule has 0 spiro atoms. The number of anilines is 1. The van der Waals surface area contributed by atoms with Crippen molar-refractivity contribution < 1.29 is 19.1 Å². The third-order valence-electron chi connectivity index (χ3n) is 6.99. The van der Waals surface area contributed by atoms with Crippen molar-refractivity contribution in [3.63, 3.8) is 0 Å². The summed E-state index contributed by atoms with van der Waals surface area (Å²) in [7, 11) is 0. The van der Waals surface area contributed by atoms with E-state index in [1.54, 1.807) is 0 Å². The summed E-state index contributed by atoms with van der Waals surface area (Å²) in [5.41, 5.74) is 3.26. The normalized spacial score (nSPS) is 23.8. The minimum absolute atomic E-state index is 0.00154. The largest absolute Gasteiger partial charge is 0.486 e. The summed E-state index contributed by atoms with van der Waals surface area (Å²) in [6.45, 7) is 2.48. The van der Waals surface area contributed by atoms with Gasteiger partial charge < -0.3 is 25.4 Å². The predicted molar refractivity (Wildman–Crippen MR) is 125 cm³/mol. The number of ether oxygens (including phenoxy) is 2. The minimum atomic E-state index is -0.173. The summed E-state index contributed by atoms with van der Waals surface area (Å²) in [6.07, 6.45) is 4.30. The molecule has 0 radical (unpaired) electrons. The Morgan fingerprint density at radius 3 is 2.48 bits per heavy atom. The van der Waals surface area contributed by atoms with Gasteiger partial charge in [-0.1, -0.05) is 24.3 Å². The lowest BCUT2D eigenvalue weighted by Crippen LogP contribution is -2.48. The standard InChI is InChI=1S/C26H31N3O4/c30-25(29-21-9-10-23-24(14-21)33-12-11-32-23)18-7-5-17(6-8-18)15-28-26(31)22-13-19-3-1-2-4-20(19)16-27-22/h1-4,9-10,14,17-18,22,27H,5-8,11-13,15-16H2,(H,28,31)(H,29,30)/t17?,18?,22-/m0/s1. The van der Waals surface area contributed by atoms with E-state index >= 15 is 0 Å². The van der Waals surface area contributed by atoms with Gasteiger partial charge in [0.05, 0.1) is 6.04 Å². The monoisotopic (exact) mass is 449 g/mol. The van der Waals surface area contributed by atoms with Crippen molar-refractivity contribution in [1.29, 1.82) is 0 Å².